The maximum Gasteiger partial charge on any atom is 0.323 e. The zero-order valence-electron chi connectivity index (χ0n) is 11.1. The van der Waals surface area contributed by atoms with Crippen molar-refractivity contribution < 1.29 is 14.7 Å². The van der Waals surface area contributed by atoms with E-state index < -0.39 is 5.97 Å². The highest BCUT2D eigenvalue weighted by atomic mass is 79.9. The summed E-state index contributed by atoms with van der Waals surface area (Å²) < 4.78 is 0.957. The van der Waals surface area contributed by atoms with Gasteiger partial charge in [-0.25, -0.2) is 0 Å². The lowest BCUT2D eigenvalue weighted by molar-refractivity contribution is -0.144. The molecule has 5 heteroatoms. The van der Waals surface area contributed by atoms with Gasteiger partial charge in [-0.1, -0.05) is 35.0 Å². The molecule has 19 heavy (non-hydrogen) atoms. The summed E-state index contributed by atoms with van der Waals surface area (Å²) in [6.07, 6.45) is 0.981. The molecule has 0 aliphatic carbocycles. The molecular formula is C14H18BrNO3. The van der Waals surface area contributed by atoms with Crippen molar-refractivity contribution in [3.05, 3.63) is 33.8 Å². The van der Waals surface area contributed by atoms with E-state index in [0.29, 0.717) is 6.54 Å². The van der Waals surface area contributed by atoms with Crippen LogP contribution in [0, 0.1) is 6.92 Å². The minimum Gasteiger partial charge on any atom is -0.480 e. The van der Waals surface area contributed by atoms with Crippen LogP contribution in [0.4, 0.5) is 0 Å². The summed E-state index contributed by atoms with van der Waals surface area (Å²) in [7, 11) is 0. The summed E-state index contributed by atoms with van der Waals surface area (Å²) >= 11 is 3.43. The van der Waals surface area contributed by atoms with Gasteiger partial charge in [-0.05, 0) is 30.5 Å². The summed E-state index contributed by atoms with van der Waals surface area (Å²) in [6.45, 7) is 4.10. The van der Waals surface area contributed by atoms with Crippen LogP contribution >= 0.6 is 15.9 Å². The van der Waals surface area contributed by atoms with Crippen LogP contribution in [0.1, 0.15) is 24.5 Å². The van der Waals surface area contributed by atoms with Gasteiger partial charge in [0.1, 0.15) is 6.54 Å². The highest BCUT2D eigenvalue weighted by molar-refractivity contribution is 9.10. The molecule has 0 spiro atoms. The lowest BCUT2D eigenvalue weighted by atomic mass is 10.1. The number of carbonyl (C=O) groups excluding carboxylic acids is 1. The molecule has 0 aromatic heterocycles. The van der Waals surface area contributed by atoms with Gasteiger partial charge in [-0.3, -0.25) is 9.59 Å². The van der Waals surface area contributed by atoms with Crippen LogP contribution in [-0.4, -0.2) is 35.0 Å². The maximum atomic E-state index is 12.1. The Hall–Kier alpha value is -1.36. The van der Waals surface area contributed by atoms with Gasteiger partial charge in [-0.15, -0.1) is 0 Å². The average molecular weight is 328 g/mol. The number of hydrogen-bond donors (Lipinski definition) is 1. The Morgan fingerprint density at radius 3 is 2.63 bits per heavy atom. The van der Waals surface area contributed by atoms with Crippen molar-refractivity contribution in [3.8, 4) is 0 Å². The van der Waals surface area contributed by atoms with Crippen LogP contribution in [-0.2, 0) is 16.0 Å². The van der Waals surface area contributed by atoms with Crippen LogP contribution < -0.4 is 0 Å². The van der Waals surface area contributed by atoms with Gasteiger partial charge in [0.15, 0.2) is 0 Å². The van der Waals surface area contributed by atoms with Crippen molar-refractivity contribution in [1.29, 1.82) is 0 Å². The highest BCUT2D eigenvalue weighted by Gasteiger charge is 2.17. The Balaban J connectivity index is 2.81. The normalized spacial score (nSPS) is 10.3. The quantitative estimate of drug-likeness (QED) is 0.873. The molecule has 0 unspecified atom stereocenters. The molecule has 0 fully saturated rings. The van der Waals surface area contributed by atoms with Crippen LogP contribution in [0.5, 0.6) is 0 Å². The summed E-state index contributed by atoms with van der Waals surface area (Å²) in [5, 5.41) is 8.82. The second-order valence-electron chi connectivity index (χ2n) is 4.41. The predicted molar refractivity (Wildman–Crippen MR) is 77.1 cm³/mol. The van der Waals surface area contributed by atoms with Crippen LogP contribution in [0.3, 0.4) is 0 Å². The zero-order valence-corrected chi connectivity index (χ0v) is 12.7. The number of carbonyl (C=O) groups is 2. The number of carboxylic acids is 1. The van der Waals surface area contributed by atoms with Crippen molar-refractivity contribution >= 4 is 27.8 Å². The molecule has 1 aromatic rings. The molecule has 0 aliphatic rings. The minimum atomic E-state index is -0.979. The first-order chi connectivity index (χ1) is 8.95. The molecule has 0 saturated carbocycles. The molecule has 0 saturated heterocycles. The number of aliphatic carboxylic acids is 1. The summed E-state index contributed by atoms with van der Waals surface area (Å²) in [5.41, 5.74) is 1.94. The van der Waals surface area contributed by atoms with Crippen molar-refractivity contribution in [2.45, 2.75) is 26.7 Å². The van der Waals surface area contributed by atoms with Gasteiger partial charge in [0.2, 0.25) is 5.91 Å². The summed E-state index contributed by atoms with van der Waals surface area (Å²) in [6, 6.07) is 5.69. The predicted octanol–water partition coefficient (Wildman–Crippen LogP) is 2.62. The van der Waals surface area contributed by atoms with E-state index in [4.69, 9.17) is 5.11 Å². The van der Waals surface area contributed by atoms with Gasteiger partial charge in [-0.2, -0.15) is 0 Å². The Kier molecular flexibility index (Phi) is 6.02. The van der Waals surface area contributed by atoms with E-state index in [2.05, 4.69) is 15.9 Å². The molecule has 1 rings (SSSR count). The van der Waals surface area contributed by atoms with E-state index in [1.54, 1.807) is 0 Å². The maximum absolute atomic E-state index is 12.1. The number of amides is 1. The summed E-state index contributed by atoms with van der Waals surface area (Å²) in [5.74, 6) is -1.13. The Morgan fingerprint density at radius 1 is 1.37 bits per heavy atom. The van der Waals surface area contributed by atoms with E-state index in [9.17, 15) is 9.59 Å². The van der Waals surface area contributed by atoms with E-state index in [-0.39, 0.29) is 18.9 Å². The van der Waals surface area contributed by atoms with Gasteiger partial charge < -0.3 is 10.0 Å². The number of benzene rings is 1. The zero-order chi connectivity index (χ0) is 14.4. The smallest absolute Gasteiger partial charge is 0.323 e. The van der Waals surface area contributed by atoms with E-state index in [0.717, 1.165) is 22.0 Å². The summed E-state index contributed by atoms with van der Waals surface area (Å²) in [4.78, 5) is 24.3. The molecule has 0 heterocycles. The van der Waals surface area contributed by atoms with E-state index in [1.165, 1.54) is 4.90 Å². The van der Waals surface area contributed by atoms with Crippen molar-refractivity contribution in [2.24, 2.45) is 0 Å². The van der Waals surface area contributed by atoms with Crippen molar-refractivity contribution in [1.82, 2.24) is 4.90 Å². The second-order valence-corrected chi connectivity index (χ2v) is 5.26. The highest BCUT2D eigenvalue weighted by Crippen LogP contribution is 2.20. The second kappa shape index (κ2) is 7.28. The van der Waals surface area contributed by atoms with Crippen LogP contribution in [0.15, 0.2) is 22.7 Å². The molecule has 1 amide bonds. The lowest BCUT2D eigenvalue weighted by Crippen LogP contribution is -2.37. The van der Waals surface area contributed by atoms with E-state index >= 15 is 0 Å². The molecule has 1 N–H and O–H groups in total. The molecular weight excluding hydrogens is 310 g/mol. The lowest BCUT2D eigenvalue weighted by Gasteiger charge is -2.20. The fraction of sp³-hybridized carbons (Fsp3) is 0.429. The SMILES string of the molecule is CCCN(CC(=O)O)C(=O)Cc1cccc(Br)c1C. The number of nitrogens with zero attached hydrogens (tertiary/aromatic N) is 1. The first-order valence-electron chi connectivity index (χ1n) is 6.19. The molecule has 0 atom stereocenters. The minimum absolute atomic E-state index is 0.148. The monoisotopic (exact) mass is 327 g/mol. The van der Waals surface area contributed by atoms with Gasteiger partial charge in [0, 0.05) is 11.0 Å². The molecule has 0 aliphatic heterocycles. The third-order valence-corrected chi connectivity index (χ3v) is 3.75. The molecule has 4 nitrogen and oxygen atoms in total. The Bertz CT molecular complexity index is 474. The standard InChI is InChI=1S/C14H18BrNO3/c1-3-7-16(9-14(18)19)13(17)8-11-5-4-6-12(15)10(11)2/h4-6H,3,7-9H2,1-2H3,(H,18,19). The molecule has 0 radical (unpaired) electrons. The van der Waals surface area contributed by atoms with Crippen LogP contribution in [0.25, 0.3) is 0 Å². The van der Waals surface area contributed by atoms with E-state index in [1.807, 2.05) is 32.0 Å². The molecule has 0 bridgehead atoms. The van der Waals surface area contributed by atoms with Gasteiger partial charge in [0.05, 0.1) is 6.42 Å². The van der Waals surface area contributed by atoms with Crippen molar-refractivity contribution in [2.75, 3.05) is 13.1 Å². The first kappa shape index (κ1) is 15.7. The largest absolute Gasteiger partial charge is 0.480 e. The fourth-order valence-corrected chi connectivity index (χ4v) is 2.25. The van der Waals surface area contributed by atoms with Gasteiger partial charge in [0.25, 0.3) is 0 Å². The molecule has 104 valence electrons. The molecule has 1 aromatic carbocycles. The Labute approximate surface area is 121 Å². The topological polar surface area (TPSA) is 57.6 Å². The average Bonchev–Trinajstić information content (AvgIpc) is 2.34. The number of carboxylic acid groups (broad SMARTS) is 1. The van der Waals surface area contributed by atoms with Crippen molar-refractivity contribution in [3.63, 3.8) is 0 Å². The van der Waals surface area contributed by atoms with Gasteiger partial charge >= 0.3 is 5.97 Å². The fourth-order valence-electron chi connectivity index (χ4n) is 1.84. The number of hydrogen-bond acceptors (Lipinski definition) is 2. The Morgan fingerprint density at radius 2 is 2.05 bits per heavy atom. The van der Waals surface area contributed by atoms with Crippen LogP contribution in [0.2, 0.25) is 0 Å². The third-order valence-electron chi connectivity index (χ3n) is 2.89. The number of rotatable bonds is 6. The third kappa shape index (κ3) is 4.67. The number of halogens is 1. The first-order valence-corrected chi connectivity index (χ1v) is 6.98.